The molecule has 0 aromatic heterocycles. The molecule has 1 N–H and O–H groups in total. The van der Waals surface area contributed by atoms with Gasteiger partial charge < -0.3 is 15.0 Å². The van der Waals surface area contributed by atoms with E-state index in [1.807, 2.05) is 37.9 Å². The number of rotatable bonds is 9. The van der Waals surface area contributed by atoms with E-state index in [2.05, 4.69) is 19.2 Å². The second-order valence-electron chi connectivity index (χ2n) is 6.15. The quantitative estimate of drug-likeness (QED) is 0.755. The van der Waals surface area contributed by atoms with Crippen molar-refractivity contribution < 1.29 is 9.13 Å². The van der Waals surface area contributed by atoms with Gasteiger partial charge in [0.25, 0.3) is 0 Å². The third kappa shape index (κ3) is 6.91. The van der Waals surface area contributed by atoms with Crippen molar-refractivity contribution in [2.24, 2.45) is 5.92 Å². The number of halogens is 1. The monoisotopic (exact) mass is 296 g/mol. The summed E-state index contributed by atoms with van der Waals surface area (Å²) in [6, 6.07) is 5.44. The van der Waals surface area contributed by atoms with Gasteiger partial charge in [0.15, 0.2) is 0 Å². The molecular formula is C17H29FN2O. The summed E-state index contributed by atoms with van der Waals surface area (Å²) in [4.78, 5) is 1.89. The van der Waals surface area contributed by atoms with E-state index in [4.69, 9.17) is 4.74 Å². The minimum Gasteiger partial charge on any atom is -0.377 e. The minimum atomic E-state index is -0.175. The summed E-state index contributed by atoms with van der Waals surface area (Å²) in [6.07, 6.45) is 0.206. The fourth-order valence-corrected chi connectivity index (χ4v) is 2.02. The highest BCUT2D eigenvalue weighted by atomic mass is 19.1. The molecule has 4 heteroatoms. The van der Waals surface area contributed by atoms with Crippen molar-refractivity contribution in [3.05, 3.63) is 29.6 Å². The number of hydrogen-bond donors (Lipinski definition) is 1. The summed E-state index contributed by atoms with van der Waals surface area (Å²) in [5, 5.41) is 3.32. The first-order valence-electron chi connectivity index (χ1n) is 7.72. The van der Waals surface area contributed by atoms with Gasteiger partial charge in [-0.2, -0.15) is 0 Å². The molecule has 0 bridgehead atoms. The molecule has 0 saturated heterocycles. The Balaban J connectivity index is 2.52. The van der Waals surface area contributed by atoms with Gasteiger partial charge in [-0.25, -0.2) is 4.39 Å². The van der Waals surface area contributed by atoms with Crippen LogP contribution in [0.5, 0.6) is 0 Å². The van der Waals surface area contributed by atoms with Crippen LogP contribution in [0.25, 0.3) is 0 Å². The predicted molar refractivity (Wildman–Crippen MR) is 87.3 cm³/mol. The van der Waals surface area contributed by atoms with Crippen LogP contribution in [-0.2, 0) is 11.3 Å². The first kappa shape index (κ1) is 17.9. The maximum absolute atomic E-state index is 14.2. The Morgan fingerprint density at radius 1 is 1.24 bits per heavy atom. The summed E-state index contributed by atoms with van der Waals surface area (Å²) in [5.41, 5.74) is 1.60. The number of ether oxygens (including phenoxy) is 1. The van der Waals surface area contributed by atoms with Gasteiger partial charge in [-0.05, 0) is 44.0 Å². The van der Waals surface area contributed by atoms with Gasteiger partial charge in [0.2, 0.25) is 0 Å². The SMILES string of the molecule is CC(C)CNCc1ccc(N(C)CCOC(C)C)c(F)c1. The Bertz CT molecular complexity index is 421. The molecule has 0 atom stereocenters. The molecule has 1 aromatic carbocycles. The van der Waals surface area contributed by atoms with E-state index in [1.54, 1.807) is 6.07 Å². The number of nitrogens with one attached hydrogen (secondary N) is 1. The molecule has 0 aliphatic rings. The molecule has 21 heavy (non-hydrogen) atoms. The number of benzene rings is 1. The number of nitrogens with zero attached hydrogens (tertiary/aromatic N) is 1. The van der Waals surface area contributed by atoms with E-state index in [0.717, 1.165) is 12.1 Å². The first-order valence-corrected chi connectivity index (χ1v) is 7.72. The first-order chi connectivity index (χ1) is 9.90. The van der Waals surface area contributed by atoms with Crippen LogP contribution in [0.15, 0.2) is 18.2 Å². The lowest BCUT2D eigenvalue weighted by Crippen LogP contribution is -2.25. The number of anilines is 1. The Hall–Kier alpha value is -1.13. The van der Waals surface area contributed by atoms with Crippen molar-refractivity contribution >= 4 is 5.69 Å². The highest BCUT2D eigenvalue weighted by Gasteiger charge is 2.09. The van der Waals surface area contributed by atoms with Crippen molar-refractivity contribution in [2.45, 2.75) is 40.3 Å². The molecule has 120 valence electrons. The van der Waals surface area contributed by atoms with Gasteiger partial charge in [0, 0.05) is 20.1 Å². The van der Waals surface area contributed by atoms with Gasteiger partial charge in [0.1, 0.15) is 5.82 Å². The van der Waals surface area contributed by atoms with Gasteiger partial charge in [-0.15, -0.1) is 0 Å². The third-order valence-electron chi connectivity index (χ3n) is 3.18. The van der Waals surface area contributed by atoms with E-state index < -0.39 is 0 Å². The van der Waals surface area contributed by atoms with E-state index in [-0.39, 0.29) is 11.9 Å². The highest BCUT2D eigenvalue weighted by molar-refractivity contribution is 5.48. The topological polar surface area (TPSA) is 24.5 Å². The fraction of sp³-hybridized carbons (Fsp3) is 0.647. The summed E-state index contributed by atoms with van der Waals surface area (Å²) < 4.78 is 19.7. The number of hydrogen-bond acceptors (Lipinski definition) is 3. The van der Waals surface area contributed by atoms with Gasteiger partial charge in [-0.1, -0.05) is 19.9 Å². The number of likely N-dealkylation sites (N-methyl/N-ethyl adjacent to an activating group) is 1. The van der Waals surface area contributed by atoms with Crippen LogP contribution in [0.3, 0.4) is 0 Å². The molecule has 0 aliphatic carbocycles. The molecular weight excluding hydrogens is 267 g/mol. The van der Waals surface area contributed by atoms with Crippen LogP contribution < -0.4 is 10.2 Å². The Kier molecular flexibility index (Phi) is 7.68. The fourth-order valence-electron chi connectivity index (χ4n) is 2.02. The molecule has 0 radical (unpaired) electrons. The largest absolute Gasteiger partial charge is 0.377 e. The molecule has 0 unspecified atom stereocenters. The van der Waals surface area contributed by atoms with Crippen LogP contribution in [0.2, 0.25) is 0 Å². The van der Waals surface area contributed by atoms with Crippen molar-refractivity contribution in [2.75, 3.05) is 31.6 Å². The smallest absolute Gasteiger partial charge is 0.146 e. The Morgan fingerprint density at radius 3 is 2.52 bits per heavy atom. The van der Waals surface area contributed by atoms with E-state index in [9.17, 15) is 4.39 Å². The lowest BCUT2D eigenvalue weighted by Gasteiger charge is -2.21. The second-order valence-corrected chi connectivity index (χ2v) is 6.15. The molecule has 0 spiro atoms. The maximum Gasteiger partial charge on any atom is 0.146 e. The summed E-state index contributed by atoms with van der Waals surface area (Å²) in [7, 11) is 1.89. The molecule has 0 amide bonds. The molecule has 0 heterocycles. The standard InChI is InChI=1S/C17H29FN2O/c1-13(2)11-19-12-15-6-7-17(16(18)10-15)20(5)8-9-21-14(3)4/h6-7,10,13-14,19H,8-9,11-12H2,1-5H3. The van der Waals surface area contributed by atoms with Crippen molar-refractivity contribution in [3.63, 3.8) is 0 Å². The molecule has 0 saturated carbocycles. The summed E-state index contributed by atoms with van der Waals surface area (Å²) >= 11 is 0. The summed E-state index contributed by atoms with van der Waals surface area (Å²) in [6.45, 7) is 11.2. The van der Waals surface area contributed by atoms with Gasteiger partial charge >= 0.3 is 0 Å². The van der Waals surface area contributed by atoms with E-state index in [1.165, 1.54) is 0 Å². The van der Waals surface area contributed by atoms with E-state index >= 15 is 0 Å². The molecule has 1 rings (SSSR count). The highest BCUT2D eigenvalue weighted by Crippen LogP contribution is 2.19. The zero-order chi connectivity index (χ0) is 15.8. The maximum atomic E-state index is 14.2. The average molecular weight is 296 g/mol. The Morgan fingerprint density at radius 2 is 1.95 bits per heavy atom. The second kappa shape index (κ2) is 9.00. The average Bonchev–Trinajstić information content (AvgIpc) is 2.37. The van der Waals surface area contributed by atoms with Crippen LogP contribution in [0, 0.1) is 11.7 Å². The zero-order valence-electron chi connectivity index (χ0n) is 13.9. The zero-order valence-corrected chi connectivity index (χ0v) is 13.9. The lowest BCUT2D eigenvalue weighted by atomic mass is 10.1. The normalized spacial score (nSPS) is 11.4. The molecule has 3 nitrogen and oxygen atoms in total. The predicted octanol–water partition coefficient (Wildman–Crippen LogP) is 3.43. The van der Waals surface area contributed by atoms with Crippen molar-refractivity contribution in [3.8, 4) is 0 Å². The van der Waals surface area contributed by atoms with Crippen LogP contribution in [-0.4, -0.2) is 32.8 Å². The van der Waals surface area contributed by atoms with Crippen LogP contribution in [0.1, 0.15) is 33.3 Å². The molecule has 1 aromatic rings. The van der Waals surface area contributed by atoms with Crippen molar-refractivity contribution in [1.29, 1.82) is 0 Å². The van der Waals surface area contributed by atoms with E-state index in [0.29, 0.717) is 31.3 Å². The minimum absolute atomic E-state index is 0.175. The molecule has 0 aliphatic heterocycles. The van der Waals surface area contributed by atoms with Crippen LogP contribution >= 0.6 is 0 Å². The van der Waals surface area contributed by atoms with Gasteiger partial charge in [-0.3, -0.25) is 0 Å². The van der Waals surface area contributed by atoms with Gasteiger partial charge in [0.05, 0.1) is 18.4 Å². The molecule has 0 fully saturated rings. The van der Waals surface area contributed by atoms with Crippen LogP contribution in [0.4, 0.5) is 10.1 Å². The Labute approximate surface area is 128 Å². The van der Waals surface area contributed by atoms with Crippen molar-refractivity contribution in [1.82, 2.24) is 5.32 Å². The summed E-state index contributed by atoms with van der Waals surface area (Å²) in [5.74, 6) is 0.423. The lowest BCUT2D eigenvalue weighted by molar-refractivity contribution is 0.0845. The third-order valence-corrected chi connectivity index (χ3v) is 3.18.